The molecule has 0 radical (unpaired) electrons. The Hall–Kier alpha value is -1.13. The SMILES string of the molecule is Cc1ccc(C(C)NC(=O)c2ccc(Br)c(C)c2)s1. The zero-order chi connectivity index (χ0) is 14.0. The van der Waals surface area contributed by atoms with Crippen LogP contribution < -0.4 is 5.32 Å². The molecule has 4 heteroatoms. The summed E-state index contributed by atoms with van der Waals surface area (Å²) in [4.78, 5) is 14.6. The molecule has 1 unspecified atom stereocenters. The lowest BCUT2D eigenvalue weighted by Gasteiger charge is -2.12. The van der Waals surface area contributed by atoms with Crippen LogP contribution in [0.2, 0.25) is 0 Å². The van der Waals surface area contributed by atoms with Crippen LogP contribution in [0, 0.1) is 13.8 Å². The number of hydrogen-bond donors (Lipinski definition) is 1. The lowest BCUT2D eigenvalue weighted by atomic mass is 10.1. The number of carbonyl (C=O) groups is 1. The monoisotopic (exact) mass is 337 g/mol. The third kappa shape index (κ3) is 3.45. The van der Waals surface area contributed by atoms with Gasteiger partial charge >= 0.3 is 0 Å². The minimum atomic E-state index is -0.0332. The zero-order valence-corrected chi connectivity index (χ0v) is 13.6. The first-order valence-electron chi connectivity index (χ1n) is 6.10. The van der Waals surface area contributed by atoms with Gasteiger partial charge in [0.15, 0.2) is 0 Å². The highest BCUT2D eigenvalue weighted by molar-refractivity contribution is 9.10. The first-order chi connectivity index (χ1) is 8.97. The molecular weight excluding hydrogens is 322 g/mol. The summed E-state index contributed by atoms with van der Waals surface area (Å²) >= 11 is 5.16. The number of benzene rings is 1. The molecule has 0 saturated carbocycles. The Morgan fingerprint density at radius 3 is 2.58 bits per heavy atom. The molecule has 0 bridgehead atoms. The quantitative estimate of drug-likeness (QED) is 0.869. The molecule has 1 atom stereocenters. The molecule has 100 valence electrons. The topological polar surface area (TPSA) is 29.1 Å². The fraction of sp³-hybridized carbons (Fsp3) is 0.267. The van der Waals surface area contributed by atoms with Crippen molar-refractivity contribution in [1.82, 2.24) is 5.32 Å². The number of nitrogens with one attached hydrogen (secondary N) is 1. The fourth-order valence-electron chi connectivity index (χ4n) is 1.82. The molecule has 0 fully saturated rings. The van der Waals surface area contributed by atoms with Crippen LogP contribution in [0.4, 0.5) is 0 Å². The number of carbonyl (C=O) groups excluding carboxylic acids is 1. The number of amides is 1. The van der Waals surface area contributed by atoms with Gasteiger partial charge in [0.25, 0.3) is 5.91 Å². The van der Waals surface area contributed by atoms with Crippen molar-refractivity contribution in [2.45, 2.75) is 26.8 Å². The number of thiophene rings is 1. The van der Waals surface area contributed by atoms with E-state index in [0.717, 1.165) is 10.0 Å². The van der Waals surface area contributed by atoms with Gasteiger partial charge in [-0.05, 0) is 56.7 Å². The van der Waals surface area contributed by atoms with Gasteiger partial charge in [-0.2, -0.15) is 0 Å². The van der Waals surface area contributed by atoms with Crippen LogP contribution in [0.15, 0.2) is 34.8 Å². The van der Waals surface area contributed by atoms with Gasteiger partial charge in [0.2, 0.25) is 0 Å². The maximum absolute atomic E-state index is 12.2. The molecule has 0 saturated heterocycles. The predicted molar refractivity (Wildman–Crippen MR) is 83.8 cm³/mol. The molecule has 1 aromatic carbocycles. The smallest absolute Gasteiger partial charge is 0.251 e. The van der Waals surface area contributed by atoms with Crippen LogP contribution in [0.3, 0.4) is 0 Å². The molecule has 1 N–H and O–H groups in total. The fourth-order valence-corrected chi connectivity index (χ4v) is 2.95. The van der Waals surface area contributed by atoms with Crippen molar-refractivity contribution in [3.05, 3.63) is 55.7 Å². The highest BCUT2D eigenvalue weighted by Gasteiger charge is 2.13. The van der Waals surface area contributed by atoms with E-state index in [1.165, 1.54) is 9.75 Å². The third-order valence-electron chi connectivity index (χ3n) is 2.96. The summed E-state index contributed by atoms with van der Waals surface area (Å²) in [6.45, 7) is 6.06. The van der Waals surface area contributed by atoms with E-state index in [1.807, 2.05) is 32.0 Å². The van der Waals surface area contributed by atoms with Crippen LogP contribution in [0.5, 0.6) is 0 Å². The average molecular weight is 338 g/mol. The molecule has 19 heavy (non-hydrogen) atoms. The largest absolute Gasteiger partial charge is 0.345 e. The van der Waals surface area contributed by atoms with E-state index in [4.69, 9.17) is 0 Å². The number of aryl methyl sites for hydroxylation is 2. The van der Waals surface area contributed by atoms with Crippen molar-refractivity contribution in [1.29, 1.82) is 0 Å². The Balaban J connectivity index is 2.10. The van der Waals surface area contributed by atoms with Gasteiger partial charge in [-0.3, -0.25) is 4.79 Å². The van der Waals surface area contributed by atoms with Crippen LogP contribution >= 0.6 is 27.3 Å². The summed E-state index contributed by atoms with van der Waals surface area (Å²) in [5.74, 6) is -0.0332. The molecule has 2 rings (SSSR count). The Kier molecular flexibility index (Phi) is 4.42. The van der Waals surface area contributed by atoms with E-state index in [-0.39, 0.29) is 11.9 Å². The van der Waals surface area contributed by atoms with Gasteiger partial charge in [-0.15, -0.1) is 11.3 Å². The molecule has 0 aliphatic carbocycles. The molecule has 1 aromatic heterocycles. The molecule has 1 amide bonds. The second-order valence-corrected chi connectivity index (χ2v) is 6.78. The molecule has 0 aliphatic heterocycles. The van der Waals surface area contributed by atoms with Gasteiger partial charge in [0.1, 0.15) is 0 Å². The van der Waals surface area contributed by atoms with Crippen LogP contribution in [0.25, 0.3) is 0 Å². The molecular formula is C15H16BrNOS. The normalized spacial score (nSPS) is 12.2. The van der Waals surface area contributed by atoms with Gasteiger partial charge in [0, 0.05) is 19.8 Å². The van der Waals surface area contributed by atoms with Crippen molar-refractivity contribution < 1.29 is 4.79 Å². The second kappa shape index (κ2) is 5.88. The van der Waals surface area contributed by atoms with Gasteiger partial charge in [0.05, 0.1) is 6.04 Å². The molecule has 0 spiro atoms. The van der Waals surface area contributed by atoms with Gasteiger partial charge in [-0.25, -0.2) is 0 Å². The highest BCUT2D eigenvalue weighted by Crippen LogP contribution is 2.23. The van der Waals surface area contributed by atoms with Gasteiger partial charge in [-0.1, -0.05) is 15.9 Å². The Bertz CT molecular complexity index is 606. The Morgan fingerprint density at radius 2 is 2.00 bits per heavy atom. The minimum absolute atomic E-state index is 0.0332. The molecule has 0 aliphatic rings. The third-order valence-corrected chi connectivity index (χ3v) is 5.03. The first kappa shape index (κ1) is 14.3. The lowest BCUT2D eigenvalue weighted by Crippen LogP contribution is -2.26. The van der Waals surface area contributed by atoms with Crippen molar-refractivity contribution in [2.24, 2.45) is 0 Å². The molecule has 1 heterocycles. The zero-order valence-electron chi connectivity index (χ0n) is 11.2. The Labute approximate surface area is 126 Å². The lowest BCUT2D eigenvalue weighted by molar-refractivity contribution is 0.0940. The van der Waals surface area contributed by atoms with Crippen molar-refractivity contribution in [3.63, 3.8) is 0 Å². The highest BCUT2D eigenvalue weighted by atomic mass is 79.9. The molecule has 2 nitrogen and oxygen atoms in total. The minimum Gasteiger partial charge on any atom is -0.345 e. The summed E-state index contributed by atoms with van der Waals surface area (Å²) in [7, 11) is 0. The van der Waals surface area contributed by atoms with Crippen molar-refractivity contribution >= 4 is 33.2 Å². The van der Waals surface area contributed by atoms with Crippen LogP contribution in [-0.2, 0) is 0 Å². The molecule has 2 aromatic rings. The van der Waals surface area contributed by atoms with Gasteiger partial charge < -0.3 is 5.32 Å². The van der Waals surface area contributed by atoms with E-state index in [2.05, 4.69) is 40.3 Å². The van der Waals surface area contributed by atoms with Crippen LogP contribution in [-0.4, -0.2) is 5.91 Å². The summed E-state index contributed by atoms with van der Waals surface area (Å²) in [6.07, 6.45) is 0. The first-order valence-corrected chi connectivity index (χ1v) is 7.71. The van der Waals surface area contributed by atoms with E-state index < -0.39 is 0 Å². The number of halogens is 1. The Morgan fingerprint density at radius 1 is 1.26 bits per heavy atom. The summed E-state index contributed by atoms with van der Waals surface area (Å²) in [5.41, 5.74) is 1.76. The van der Waals surface area contributed by atoms with E-state index in [0.29, 0.717) is 5.56 Å². The second-order valence-electron chi connectivity index (χ2n) is 4.61. The summed E-state index contributed by atoms with van der Waals surface area (Å²) < 4.78 is 1.02. The number of rotatable bonds is 3. The van der Waals surface area contributed by atoms with E-state index in [9.17, 15) is 4.79 Å². The maximum Gasteiger partial charge on any atom is 0.251 e. The van der Waals surface area contributed by atoms with Crippen molar-refractivity contribution in [2.75, 3.05) is 0 Å². The number of hydrogen-bond acceptors (Lipinski definition) is 2. The average Bonchev–Trinajstić information content (AvgIpc) is 2.79. The maximum atomic E-state index is 12.2. The standard InChI is InChI=1S/C15H16BrNOS/c1-9-8-12(5-6-13(9)16)15(18)17-11(3)14-7-4-10(2)19-14/h4-8,11H,1-3H3,(H,17,18). The summed E-state index contributed by atoms with van der Waals surface area (Å²) in [6, 6.07) is 9.81. The van der Waals surface area contributed by atoms with Crippen LogP contribution in [0.1, 0.15) is 38.6 Å². The predicted octanol–water partition coefficient (Wildman–Crippen LogP) is 4.62. The van der Waals surface area contributed by atoms with E-state index in [1.54, 1.807) is 11.3 Å². The summed E-state index contributed by atoms with van der Waals surface area (Å²) in [5, 5.41) is 3.03. The van der Waals surface area contributed by atoms with Crippen molar-refractivity contribution in [3.8, 4) is 0 Å². The van der Waals surface area contributed by atoms with E-state index >= 15 is 0 Å².